The minimum atomic E-state index is -1.16. The van der Waals surface area contributed by atoms with Crippen molar-refractivity contribution in [3.8, 4) is 0 Å². The average Bonchev–Trinajstić information content (AvgIpc) is 3.06. The van der Waals surface area contributed by atoms with Crippen LogP contribution in [0.5, 0.6) is 0 Å². The van der Waals surface area contributed by atoms with E-state index >= 15 is 0 Å². The molecule has 0 radical (unpaired) electrons. The van der Waals surface area contributed by atoms with Gasteiger partial charge in [0, 0.05) is 7.05 Å². The molecule has 1 N–H and O–H groups in total. The van der Waals surface area contributed by atoms with E-state index in [0.717, 1.165) is 34.4 Å². The summed E-state index contributed by atoms with van der Waals surface area (Å²) in [6.45, 7) is 2.11. The van der Waals surface area contributed by atoms with Gasteiger partial charge in [-0.25, -0.2) is 4.98 Å². The Balaban J connectivity index is 1.96. The largest absolute Gasteiger partial charge is 0.380 e. The van der Waals surface area contributed by atoms with Gasteiger partial charge in [-0.3, -0.25) is 0 Å². The third-order valence-corrected chi connectivity index (χ3v) is 5.47. The summed E-state index contributed by atoms with van der Waals surface area (Å²) < 4.78 is 2.11. The third-order valence-electron chi connectivity index (χ3n) is 5.47. The number of imidazole rings is 1. The predicted octanol–water partition coefficient (Wildman–Crippen LogP) is 5.00. The van der Waals surface area contributed by atoms with Gasteiger partial charge in [-0.05, 0) is 29.7 Å². The molecule has 3 nitrogen and oxygen atoms in total. The number of aliphatic hydroxyl groups is 1. The highest BCUT2D eigenvalue weighted by molar-refractivity contribution is 5.76. The van der Waals surface area contributed by atoms with E-state index in [1.165, 1.54) is 0 Å². The zero-order valence-corrected chi connectivity index (χ0v) is 15.7. The standard InChI is InChI=1S/C24H24N2O/c1-3-20(23-25-21-16-10-11-17-22(21)26(23)2)24(27,18-12-6-4-7-13-18)19-14-8-5-9-15-19/h4-17,20,27H,3H2,1-2H3/t20-/m1/s1. The van der Waals surface area contributed by atoms with Crippen LogP contribution in [0.25, 0.3) is 11.0 Å². The molecule has 4 aromatic rings. The minimum Gasteiger partial charge on any atom is -0.380 e. The van der Waals surface area contributed by atoms with Crippen LogP contribution >= 0.6 is 0 Å². The summed E-state index contributed by atoms with van der Waals surface area (Å²) in [5, 5.41) is 12.2. The van der Waals surface area contributed by atoms with Crippen LogP contribution in [0.4, 0.5) is 0 Å². The van der Waals surface area contributed by atoms with Crippen LogP contribution < -0.4 is 0 Å². The van der Waals surface area contributed by atoms with E-state index < -0.39 is 5.60 Å². The van der Waals surface area contributed by atoms with Crippen molar-refractivity contribution in [3.63, 3.8) is 0 Å². The minimum absolute atomic E-state index is 0.181. The Morgan fingerprint density at radius 2 is 1.37 bits per heavy atom. The Morgan fingerprint density at radius 1 is 0.852 bits per heavy atom. The fourth-order valence-corrected chi connectivity index (χ4v) is 4.09. The van der Waals surface area contributed by atoms with Gasteiger partial charge in [-0.15, -0.1) is 0 Å². The second kappa shape index (κ2) is 7.01. The summed E-state index contributed by atoms with van der Waals surface area (Å²) in [4.78, 5) is 4.90. The summed E-state index contributed by atoms with van der Waals surface area (Å²) in [6, 6.07) is 28.0. The van der Waals surface area contributed by atoms with Crippen LogP contribution in [0.3, 0.4) is 0 Å². The smallest absolute Gasteiger partial charge is 0.124 e. The molecule has 27 heavy (non-hydrogen) atoms. The lowest BCUT2D eigenvalue weighted by Crippen LogP contribution is -2.36. The lowest BCUT2D eigenvalue weighted by atomic mass is 9.74. The first-order chi connectivity index (χ1) is 13.2. The lowest BCUT2D eigenvalue weighted by Gasteiger charge is -2.36. The Kier molecular flexibility index (Phi) is 4.54. The molecule has 3 aromatic carbocycles. The van der Waals surface area contributed by atoms with E-state index in [9.17, 15) is 5.11 Å². The molecule has 0 saturated heterocycles. The Morgan fingerprint density at radius 3 is 1.89 bits per heavy atom. The molecular formula is C24H24N2O. The average molecular weight is 356 g/mol. The Hall–Kier alpha value is -2.91. The topological polar surface area (TPSA) is 38.0 Å². The first kappa shape index (κ1) is 17.5. The maximum atomic E-state index is 12.2. The molecular weight excluding hydrogens is 332 g/mol. The fourth-order valence-electron chi connectivity index (χ4n) is 4.09. The van der Waals surface area contributed by atoms with Gasteiger partial charge >= 0.3 is 0 Å². The number of hydrogen-bond acceptors (Lipinski definition) is 2. The molecule has 1 heterocycles. The molecule has 0 aliphatic carbocycles. The van der Waals surface area contributed by atoms with Crippen LogP contribution in [0, 0.1) is 0 Å². The van der Waals surface area contributed by atoms with E-state index in [4.69, 9.17) is 4.98 Å². The number of nitrogens with zero attached hydrogens (tertiary/aromatic N) is 2. The van der Waals surface area contributed by atoms with Crippen LogP contribution in [0.1, 0.15) is 36.2 Å². The number of para-hydroxylation sites is 2. The quantitative estimate of drug-likeness (QED) is 0.546. The second-order valence-electron chi connectivity index (χ2n) is 6.98. The van der Waals surface area contributed by atoms with Gasteiger partial charge in [0.15, 0.2) is 0 Å². The number of benzene rings is 3. The summed E-state index contributed by atoms with van der Waals surface area (Å²) in [5.41, 5.74) is 2.64. The lowest BCUT2D eigenvalue weighted by molar-refractivity contribution is 0.0438. The third kappa shape index (κ3) is 2.84. The van der Waals surface area contributed by atoms with Gasteiger partial charge in [0.25, 0.3) is 0 Å². The maximum Gasteiger partial charge on any atom is 0.124 e. The molecule has 0 fully saturated rings. The molecule has 136 valence electrons. The Labute approximate surface area is 159 Å². The molecule has 0 spiro atoms. The normalized spacial score (nSPS) is 13.0. The molecule has 3 heteroatoms. The molecule has 4 rings (SSSR count). The van der Waals surface area contributed by atoms with Crippen molar-refractivity contribution in [3.05, 3.63) is 102 Å². The molecule has 0 aliphatic heterocycles. The summed E-state index contributed by atoms with van der Waals surface area (Å²) in [6.07, 6.45) is 0.761. The van der Waals surface area contributed by atoms with E-state index in [1.807, 2.05) is 85.9 Å². The molecule has 0 unspecified atom stereocenters. The highest BCUT2D eigenvalue weighted by atomic mass is 16.3. The number of rotatable bonds is 5. The molecule has 1 atom stereocenters. The van der Waals surface area contributed by atoms with E-state index in [2.05, 4.69) is 17.6 Å². The van der Waals surface area contributed by atoms with Gasteiger partial charge in [0.1, 0.15) is 11.4 Å². The summed E-state index contributed by atoms with van der Waals surface area (Å²) >= 11 is 0. The van der Waals surface area contributed by atoms with Crippen molar-refractivity contribution in [2.75, 3.05) is 0 Å². The Bertz CT molecular complexity index is 998. The van der Waals surface area contributed by atoms with Crippen molar-refractivity contribution >= 4 is 11.0 Å². The van der Waals surface area contributed by atoms with Gasteiger partial charge in [0.2, 0.25) is 0 Å². The zero-order chi connectivity index (χ0) is 18.9. The van der Waals surface area contributed by atoms with E-state index in [0.29, 0.717) is 0 Å². The summed E-state index contributed by atoms with van der Waals surface area (Å²) in [5.74, 6) is 0.716. The number of hydrogen-bond donors (Lipinski definition) is 1. The second-order valence-corrected chi connectivity index (χ2v) is 6.98. The first-order valence-corrected chi connectivity index (χ1v) is 9.41. The SMILES string of the molecule is CC[C@H](c1nc2ccccc2n1C)C(O)(c1ccccc1)c1ccccc1. The molecule has 0 saturated carbocycles. The highest BCUT2D eigenvalue weighted by Crippen LogP contribution is 2.44. The van der Waals surface area contributed by atoms with E-state index in [1.54, 1.807) is 0 Å². The number of aromatic nitrogens is 2. The van der Waals surface area contributed by atoms with Crippen molar-refractivity contribution in [1.29, 1.82) is 0 Å². The number of fused-ring (bicyclic) bond motifs is 1. The molecule has 0 aliphatic rings. The van der Waals surface area contributed by atoms with Crippen molar-refractivity contribution < 1.29 is 5.11 Å². The van der Waals surface area contributed by atoms with Gasteiger partial charge in [-0.2, -0.15) is 0 Å². The van der Waals surface area contributed by atoms with Gasteiger partial charge in [0.05, 0.1) is 17.0 Å². The monoisotopic (exact) mass is 356 g/mol. The fraction of sp³-hybridized carbons (Fsp3) is 0.208. The van der Waals surface area contributed by atoms with E-state index in [-0.39, 0.29) is 5.92 Å². The van der Waals surface area contributed by atoms with Crippen molar-refractivity contribution in [2.24, 2.45) is 7.05 Å². The van der Waals surface area contributed by atoms with Crippen molar-refractivity contribution in [1.82, 2.24) is 9.55 Å². The van der Waals surface area contributed by atoms with Crippen LogP contribution in [-0.2, 0) is 12.6 Å². The molecule has 0 bridgehead atoms. The van der Waals surface area contributed by atoms with Crippen molar-refractivity contribution in [2.45, 2.75) is 24.9 Å². The molecule has 1 aromatic heterocycles. The van der Waals surface area contributed by atoms with Crippen LogP contribution in [-0.4, -0.2) is 14.7 Å². The maximum absolute atomic E-state index is 12.2. The summed E-state index contributed by atoms with van der Waals surface area (Å²) in [7, 11) is 2.03. The van der Waals surface area contributed by atoms with Gasteiger partial charge < -0.3 is 9.67 Å². The predicted molar refractivity (Wildman–Crippen MR) is 110 cm³/mol. The highest BCUT2D eigenvalue weighted by Gasteiger charge is 2.42. The van der Waals surface area contributed by atoms with Gasteiger partial charge in [-0.1, -0.05) is 79.7 Å². The molecule has 0 amide bonds. The number of aryl methyl sites for hydroxylation is 1. The zero-order valence-electron chi connectivity index (χ0n) is 15.7. The first-order valence-electron chi connectivity index (χ1n) is 9.41. The van der Waals surface area contributed by atoms with Crippen LogP contribution in [0.15, 0.2) is 84.9 Å². The van der Waals surface area contributed by atoms with Crippen LogP contribution in [0.2, 0.25) is 0 Å².